The first kappa shape index (κ1) is 10.5. The van der Waals surface area contributed by atoms with Gasteiger partial charge in [0.1, 0.15) is 0 Å². The second-order valence-corrected chi connectivity index (χ2v) is 4.53. The number of hydrogen-bond donors (Lipinski definition) is 0. The van der Waals surface area contributed by atoms with Crippen LogP contribution in [0.25, 0.3) is 0 Å². The molecule has 1 unspecified atom stereocenters. The summed E-state index contributed by atoms with van der Waals surface area (Å²) in [5.74, 6) is 0. The fourth-order valence-corrected chi connectivity index (χ4v) is 2.27. The van der Waals surface area contributed by atoms with Crippen LogP contribution in [0.15, 0.2) is 0 Å². The fraction of sp³-hybridized carbons (Fsp3) is 1.00. The highest BCUT2D eigenvalue weighted by atomic mass is 79.9. The number of rotatable bonds is 4. The third-order valence-corrected chi connectivity index (χ3v) is 2.95. The normalized spacial score (nSPS) is 26.0. The van der Waals surface area contributed by atoms with E-state index in [0.717, 1.165) is 19.8 Å². The molecule has 0 N–H and O–H groups in total. The minimum absolute atomic E-state index is 0.702. The van der Waals surface area contributed by atoms with Gasteiger partial charge in [0.05, 0.1) is 6.61 Å². The molecule has 0 saturated carbocycles. The Morgan fingerprint density at radius 2 is 2.42 bits per heavy atom. The number of ether oxygens (including phenoxy) is 1. The maximum absolute atomic E-state index is 5.31. The van der Waals surface area contributed by atoms with Crippen LogP contribution >= 0.6 is 15.9 Å². The summed E-state index contributed by atoms with van der Waals surface area (Å²) in [4.78, 5) is 3.17. The molecule has 0 aromatic heterocycles. The summed E-state index contributed by atoms with van der Waals surface area (Å²) in [6.07, 6.45) is 2.65. The van der Waals surface area contributed by atoms with Crippen LogP contribution < -0.4 is 0 Å². The smallest absolute Gasteiger partial charge is 0.0593 e. The topological polar surface area (TPSA) is 12.5 Å². The lowest BCUT2D eigenvalue weighted by Gasteiger charge is -2.29. The standard InChI is InChI=1S/C9H18BrNO/c1-2-12-7-6-11-5-3-4-9(10)8-11/h9H,2-8H2,1H3. The summed E-state index contributed by atoms with van der Waals surface area (Å²) in [7, 11) is 0. The van der Waals surface area contributed by atoms with Crippen molar-refractivity contribution in [1.82, 2.24) is 4.90 Å². The van der Waals surface area contributed by atoms with E-state index < -0.39 is 0 Å². The molecule has 0 amide bonds. The highest BCUT2D eigenvalue weighted by Crippen LogP contribution is 2.15. The lowest BCUT2D eigenvalue weighted by atomic mass is 10.1. The molecule has 1 fully saturated rings. The highest BCUT2D eigenvalue weighted by Gasteiger charge is 2.16. The van der Waals surface area contributed by atoms with Gasteiger partial charge in [0.2, 0.25) is 0 Å². The number of alkyl halides is 1. The van der Waals surface area contributed by atoms with E-state index >= 15 is 0 Å². The Kier molecular flexibility index (Phi) is 5.19. The van der Waals surface area contributed by atoms with Crippen LogP contribution in [-0.4, -0.2) is 42.6 Å². The molecule has 1 rings (SSSR count). The van der Waals surface area contributed by atoms with Crippen LogP contribution in [0.3, 0.4) is 0 Å². The van der Waals surface area contributed by atoms with E-state index in [1.165, 1.54) is 25.9 Å². The first-order valence-corrected chi connectivity index (χ1v) is 5.68. The first-order chi connectivity index (χ1) is 5.83. The lowest BCUT2D eigenvalue weighted by Crippen LogP contribution is -2.37. The van der Waals surface area contributed by atoms with Crippen molar-refractivity contribution >= 4 is 15.9 Å². The molecule has 1 atom stereocenters. The molecule has 1 aliphatic rings. The maximum atomic E-state index is 5.31. The van der Waals surface area contributed by atoms with Crippen molar-refractivity contribution in [1.29, 1.82) is 0 Å². The van der Waals surface area contributed by atoms with Gasteiger partial charge < -0.3 is 4.74 Å². The van der Waals surface area contributed by atoms with Crippen molar-refractivity contribution in [2.75, 3.05) is 32.8 Å². The lowest BCUT2D eigenvalue weighted by molar-refractivity contribution is 0.107. The highest BCUT2D eigenvalue weighted by molar-refractivity contribution is 9.09. The third-order valence-electron chi connectivity index (χ3n) is 2.20. The Balaban J connectivity index is 2.06. The van der Waals surface area contributed by atoms with E-state index in [1.807, 2.05) is 6.92 Å². The molecular formula is C9H18BrNO. The van der Waals surface area contributed by atoms with E-state index in [1.54, 1.807) is 0 Å². The van der Waals surface area contributed by atoms with E-state index in [9.17, 15) is 0 Å². The van der Waals surface area contributed by atoms with Crippen LogP contribution in [0.1, 0.15) is 19.8 Å². The van der Waals surface area contributed by atoms with E-state index in [0.29, 0.717) is 4.83 Å². The molecule has 1 heterocycles. The average Bonchev–Trinajstić information content (AvgIpc) is 2.05. The van der Waals surface area contributed by atoms with E-state index in [4.69, 9.17) is 4.74 Å². The molecule has 72 valence electrons. The SMILES string of the molecule is CCOCCN1CCCC(Br)C1. The first-order valence-electron chi connectivity index (χ1n) is 4.77. The maximum Gasteiger partial charge on any atom is 0.0593 e. The number of likely N-dealkylation sites (tertiary alicyclic amines) is 1. The van der Waals surface area contributed by atoms with Gasteiger partial charge in [-0.1, -0.05) is 15.9 Å². The minimum Gasteiger partial charge on any atom is -0.380 e. The van der Waals surface area contributed by atoms with Gasteiger partial charge >= 0.3 is 0 Å². The summed E-state index contributed by atoms with van der Waals surface area (Å²) in [5, 5.41) is 0. The third kappa shape index (κ3) is 3.87. The number of hydrogen-bond acceptors (Lipinski definition) is 2. The zero-order valence-electron chi connectivity index (χ0n) is 7.76. The van der Waals surface area contributed by atoms with Gasteiger partial charge in [0.25, 0.3) is 0 Å². The summed E-state index contributed by atoms with van der Waals surface area (Å²) in [5.41, 5.74) is 0. The summed E-state index contributed by atoms with van der Waals surface area (Å²) in [6, 6.07) is 0. The number of piperidine rings is 1. The second kappa shape index (κ2) is 5.95. The largest absolute Gasteiger partial charge is 0.380 e. The van der Waals surface area contributed by atoms with Gasteiger partial charge in [-0.3, -0.25) is 4.90 Å². The summed E-state index contributed by atoms with van der Waals surface area (Å²) >= 11 is 3.66. The van der Waals surface area contributed by atoms with Crippen LogP contribution in [0.4, 0.5) is 0 Å². The van der Waals surface area contributed by atoms with Crippen LogP contribution in [0.2, 0.25) is 0 Å². The van der Waals surface area contributed by atoms with Crippen LogP contribution in [-0.2, 0) is 4.74 Å². The van der Waals surface area contributed by atoms with Gasteiger partial charge in [-0.25, -0.2) is 0 Å². The predicted octanol–water partition coefficient (Wildman–Crippen LogP) is 1.88. The molecule has 0 bridgehead atoms. The van der Waals surface area contributed by atoms with Gasteiger partial charge in [0, 0.05) is 24.5 Å². The molecule has 0 aromatic rings. The Morgan fingerprint density at radius 3 is 3.08 bits per heavy atom. The van der Waals surface area contributed by atoms with Crippen molar-refractivity contribution in [3.8, 4) is 0 Å². The molecular weight excluding hydrogens is 218 g/mol. The van der Waals surface area contributed by atoms with Crippen molar-refractivity contribution in [3.63, 3.8) is 0 Å². The molecule has 3 heteroatoms. The molecule has 0 aliphatic carbocycles. The average molecular weight is 236 g/mol. The molecule has 0 aromatic carbocycles. The zero-order chi connectivity index (χ0) is 8.81. The Hall–Kier alpha value is 0.400. The van der Waals surface area contributed by atoms with Gasteiger partial charge in [-0.15, -0.1) is 0 Å². The molecule has 0 radical (unpaired) electrons. The minimum atomic E-state index is 0.702. The van der Waals surface area contributed by atoms with Crippen molar-refractivity contribution in [3.05, 3.63) is 0 Å². The number of halogens is 1. The summed E-state index contributed by atoms with van der Waals surface area (Å²) < 4.78 is 5.31. The van der Waals surface area contributed by atoms with E-state index in [2.05, 4.69) is 20.8 Å². The number of nitrogens with zero attached hydrogens (tertiary/aromatic N) is 1. The Bertz CT molecular complexity index is 121. The van der Waals surface area contributed by atoms with Crippen molar-refractivity contribution in [2.45, 2.75) is 24.6 Å². The predicted molar refractivity (Wildman–Crippen MR) is 54.9 cm³/mol. The Labute approximate surface area is 83.4 Å². The molecule has 2 nitrogen and oxygen atoms in total. The van der Waals surface area contributed by atoms with E-state index in [-0.39, 0.29) is 0 Å². The molecule has 0 spiro atoms. The second-order valence-electron chi connectivity index (χ2n) is 3.24. The quantitative estimate of drug-likeness (QED) is 0.546. The monoisotopic (exact) mass is 235 g/mol. The van der Waals surface area contributed by atoms with Crippen LogP contribution in [0.5, 0.6) is 0 Å². The van der Waals surface area contributed by atoms with Gasteiger partial charge in [-0.2, -0.15) is 0 Å². The van der Waals surface area contributed by atoms with Crippen LogP contribution in [0, 0.1) is 0 Å². The molecule has 1 aliphatic heterocycles. The van der Waals surface area contributed by atoms with Gasteiger partial charge in [-0.05, 0) is 26.3 Å². The Morgan fingerprint density at radius 1 is 1.58 bits per heavy atom. The zero-order valence-corrected chi connectivity index (χ0v) is 9.35. The van der Waals surface area contributed by atoms with Crippen molar-refractivity contribution < 1.29 is 4.74 Å². The van der Waals surface area contributed by atoms with Gasteiger partial charge in [0.15, 0.2) is 0 Å². The molecule has 1 saturated heterocycles. The van der Waals surface area contributed by atoms with Crippen molar-refractivity contribution in [2.24, 2.45) is 0 Å². The summed E-state index contributed by atoms with van der Waals surface area (Å²) in [6.45, 7) is 7.30. The fourth-order valence-electron chi connectivity index (χ4n) is 1.54. The molecule has 12 heavy (non-hydrogen) atoms.